The van der Waals surface area contributed by atoms with E-state index in [2.05, 4.69) is 19.2 Å². The Balaban J connectivity index is 2.34. The Morgan fingerprint density at radius 2 is 2.00 bits per heavy atom. The number of nitrogens with one attached hydrogen (secondary N) is 1. The molecule has 0 aromatic heterocycles. The Hall–Kier alpha value is -0.170. The first-order valence-corrected chi connectivity index (χ1v) is 9.77. The van der Waals surface area contributed by atoms with Gasteiger partial charge in [0.2, 0.25) is 0 Å². The molecule has 0 saturated carbocycles. The highest BCUT2D eigenvalue weighted by molar-refractivity contribution is 7.91. The van der Waals surface area contributed by atoms with Gasteiger partial charge in [-0.15, -0.1) is 0 Å². The number of hydrogen-bond donors (Lipinski definition) is 1. The van der Waals surface area contributed by atoms with Crippen molar-refractivity contribution in [2.45, 2.75) is 39.2 Å². The molecule has 2 atom stereocenters. The van der Waals surface area contributed by atoms with Crippen molar-refractivity contribution in [3.63, 3.8) is 0 Å². The van der Waals surface area contributed by atoms with E-state index >= 15 is 0 Å². The summed E-state index contributed by atoms with van der Waals surface area (Å²) in [6.07, 6.45) is 2.81. The summed E-state index contributed by atoms with van der Waals surface area (Å²) < 4.78 is 33.8. The molecule has 1 saturated heterocycles. The van der Waals surface area contributed by atoms with Gasteiger partial charge in [0.25, 0.3) is 0 Å². The molecule has 1 aliphatic heterocycles. The van der Waals surface area contributed by atoms with Crippen LogP contribution in [0.4, 0.5) is 0 Å². The number of hydrogen-bond acceptors (Lipinski definition) is 5. The minimum atomic E-state index is -2.80. The molecule has 0 aromatic rings. The van der Waals surface area contributed by atoms with Gasteiger partial charge in [-0.05, 0) is 37.6 Å². The Morgan fingerprint density at radius 3 is 2.57 bits per heavy atom. The lowest BCUT2D eigenvalue weighted by molar-refractivity contribution is 0.0661. The smallest absolute Gasteiger partial charge is 0.150 e. The molecule has 126 valence electrons. The van der Waals surface area contributed by atoms with Crippen LogP contribution in [0.1, 0.15) is 33.1 Å². The average molecular weight is 321 g/mol. The van der Waals surface area contributed by atoms with Crippen LogP contribution in [0.3, 0.4) is 0 Å². The first-order valence-electron chi connectivity index (χ1n) is 7.95. The van der Waals surface area contributed by atoms with Crippen LogP contribution in [0.15, 0.2) is 0 Å². The van der Waals surface area contributed by atoms with Crippen molar-refractivity contribution in [1.82, 2.24) is 5.32 Å². The fourth-order valence-electron chi connectivity index (χ4n) is 2.78. The first kappa shape index (κ1) is 18.9. The molecule has 6 heteroatoms. The quantitative estimate of drug-likeness (QED) is 0.584. The summed E-state index contributed by atoms with van der Waals surface area (Å²) in [5.74, 6) is 1.46. The van der Waals surface area contributed by atoms with E-state index < -0.39 is 9.84 Å². The first-order chi connectivity index (χ1) is 9.94. The number of ether oxygens (including phenoxy) is 2. The Morgan fingerprint density at radius 1 is 1.24 bits per heavy atom. The third-order valence-electron chi connectivity index (χ3n) is 4.02. The fraction of sp³-hybridized carbons (Fsp3) is 1.00. The normalized spacial score (nSPS) is 22.8. The minimum Gasteiger partial charge on any atom is -0.382 e. The second-order valence-corrected chi connectivity index (χ2v) is 8.46. The van der Waals surface area contributed by atoms with Crippen molar-refractivity contribution in [1.29, 1.82) is 0 Å². The van der Waals surface area contributed by atoms with Crippen LogP contribution in [0, 0.1) is 11.8 Å². The van der Waals surface area contributed by atoms with Gasteiger partial charge in [0, 0.05) is 19.8 Å². The molecule has 21 heavy (non-hydrogen) atoms. The number of sulfone groups is 1. The molecule has 0 aromatic carbocycles. The molecule has 0 bridgehead atoms. The van der Waals surface area contributed by atoms with Gasteiger partial charge in [-0.3, -0.25) is 0 Å². The third kappa shape index (κ3) is 8.14. The van der Waals surface area contributed by atoms with Gasteiger partial charge in [-0.1, -0.05) is 13.8 Å². The van der Waals surface area contributed by atoms with Crippen LogP contribution in [0.25, 0.3) is 0 Å². The Bertz CT molecular complexity index is 370. The van der Waals surface area contributed by atoms with Gasteiger partial charge < -0.3 is 14.8 Å². The second kappa shape index (κ2) is 9.77. The van der Waals surface area contributed by atoms with Crippen LogP contribution >= 0.6 is 0 Å². The van der Waals surface area contributed by atoms with E-state index in [1.54, 1.807) is 7.11 Å². The van der Waals surface area contributed by atoms with E-state index in [1.807, 2.05) is 0 Å². The predicted molar refractivity (Wildman–Crippen MR) is 85.3 cm³/mol. The second-order valence-electron chi connectivity index (χ2n) is 6.23. The van der Waals surface area contributed by atoms with Crippen molar-refractivity contribution in [2.24, 2.45) is 11.8 Å². The zero-order valence-corrected chi connectivity index (χ0v) is 14.5. The molecule has 1 aliphatic rings. The highest BCUT2D eigenvalue weighted by Crippen LogP contribution is 2.28. The molecule has 0 aliphatic carbocycles. The molecule has 0 spiro atoms. The monoisotopic (exact) mass is 321 g/mol. The maximum absolute atomic E-state index is 11.7. The van der Waals surface area contributed by atoms with Gasteiger partial charge in [0.05, 0.1) is 24.7 Å². The number of rotatable bonds is 11. The Kier molecular flexibility index (Phi) is 8.78. The molecule has 2 unspecified atom stereocenters. The van der Waals surface area contributed by atoms with Gasteiger partial charge in [-0.25, -0.2) is 8.42 Å². The van der Waals surface area contributed by atoms with Crippen molar-refractivity contribution in [2.75, 3.05) is 45.0 Å². The lowest BCUT2D eigenvalue weighted by atomic mass is 9.87. The summed E-state index contributed by atoms with van der Waals surface area (Å²) >= 11 is 0. The van der Waals surface area contributed by atoms with Crippen LogP contribution in [-0.4, -0.2) is 59.4 Å². The zero-order chi connectivity index (χ0) is 15.7. The van der Waals surface area contributed by atoms with Crippen LogP contribution in [0.2, 0.25) is 0 Å². The largest absolute Gasteiger partial charge is 0.382 e. The molecular formula is C15H31NO4S. The minimum absolute atomic E-state index is 0.306. The van der Waals surface area contributed by atoms with E-state index in [-0.39, 0.29) is 0 Å². The lowest BCUT2D eigenvalue weighted by Gasteiger charge is -2.24. The van der Waals surface area contributed by atoms with Crippen molar-refractivity contribution in [3.8, 4) is 0 Å². The summed E-state index contributed by atoms with van der Waals surface area (Å²) in [5.41, 5.74) is 0. The number of methoxy groups -OCH3 is 1. The summed E-state index contributed by atoms with van der Waals surface area (Å²) in [7, 11) is -1.13. The fourth-order valence-corrected chi connectivity index (χ4v) is 4.70. The Labute approximate surface area is 129 Å². The van der Waals surface area contributed by atoms with Crippen LogP contribution in [0.5, 0.6) is 0 Å². The van der Waals surface area contributed by atoms with E-state index in [1.165, 1.54) is 0 Å². The zero-order valence-electron chi connectivity index (χ0n) is 13.6. The van der Waals surface area contributed by atoms with Gasteiger partial charge in [0.1, 0.15) is 0 Å². The summed E-state index contributed by atoms with van der Waals surface area (Å²) in [5, 5.41) is 3.46. The molecule has 1 N–H and O–H groups in total. The molecular weight excluding hydrogens is 290 g/mol. The van der Waals surface area contributed by atoms with E-state index in [0.29, 0.717) is 42.6 Å². The molecule has 0 amide bonds. The topological polar surface area (TPSA) is 64.6 Å². The van der Waals surface area contributed by atoms with Crippen molar-refractivity contribution in [3.05, 3.63) is 0 Å². The van der Waals surface area contributed by atoms with Crippen molar-refractivity contribution >= 4 is 9.84 Å². The standard InChI is InChI=1S/C15H31NO4S/c1-13(2)16-11-14(5-4-7-20-9-8-19-3)15-6-10-21(17,18)12-15/h13-16H,4-12H2,1-3H3. The highest BCUT2D eigenvalue weighted by atomic mass is 32.2. The van der Waals surface area contributed by atoms with Gasteiger partial charge >= 0.3 is 0 Å². The van der Waals surface area contributed by atoms with E-state index in [4.69, 9.17) is 9.47 Å². The molecule has 5 nitrogen and oxygen atoms in total. The summed E-state index contributed by atoms with van der Waals surface area (Å²) in [4.78, 5) is 0. The van der Waals surface area contributed by atoms with Gasteiger partial charge in [0.15, 0.2) is 9.84 Å². The third-order valence-corrected chi connectivity index (χ3v) is 5.81. The van der Waals surface area contributed by atoms with Crippen LogP contribution in [-0.2, 0) is 19.3 Å². The highest BCUT2D eigenvalue weighted by Gasteiger charge is 2.33. The SMILES string of the molecule is COCCOCCCC(CNC(C)C)C1CCS(=O)(=O)C1. The molecule has 0 radical (unpaired) electrons. The van der Waals surface area contributed by atoms with E-state index in [0.717, 1.165) is 32.4 Å². The molecule has 1 fully saturated rings. The lowest BCUT2D eigenvalue weighted by Crippen LogP contribution is -2.33. The van der Waals surface area contributed by atoms with Crippen molar-refractivity contribution < 1.29 is 17.9 Å². The summed E-state index contributed by atoms with van der Waals surface area (Å²) in [6.45, 7) is 7.12. The maximum Gasteiger partial charge on any atom is 0.150 e. The van der Waals surface area contributed by atoms with E-state index in [9.17, 15) is 8.42 Å². The predicted octanol–water partition coefficient (Wildman–Crippen LogP) is 1.48. The average Bonchev–Trinajstić information content (AvgIpc) is 2.77. The summed E-state index contributed by atoms with van der Waals surface area (Å²) in [6, 6.07) is 0.434. The molecule has 1 rings (SSSR count). The van der Waals surface area contributed by atoms with Gasteiger partial charge in [-0.2, -0.15) is 0 Å². The molecule has 1 heterocycles. The maximum atomic E-state index is 11.7. The van der Waals surface area contributed by atoms with Crippen LogP contribution < -0.4 is 5.32 Å².